The number of nitrogens with one attached hydrogen (secondary N) is 2. The fourth-order valence-electron chi connectivity index (χ4n) is 2.02. The van der Waals surface area contributed by atoms with E-state index in [1.165, 1.54) is 6.92 Å². The first-order chi connectivity index (χ1) is 11.5. The number of amides is 2. The number of benzene rings is 2. The van der Waals surface area contributed by atoms with E-state index in [2.05, 4.69) is 10.6 Å². The summed E-state index contributed by atoms with van der Waals surface area (Å²) in [4.78, 5) is 24.0. The van der Waals surface area contributed by atoms with Crippen LogP contribution in [0.3, 0.4) is 0 Å². The van der Waals surface area contributed by atoms with Gasteiger partial charge in [0.15, 0.2) is 0 Å². The van der Waals surface area contributed by atoms with Gasteiger partial charge in [-0.3, -0.25) is 9.59 Å². The normalized spacial score (nSPS) is 10.2. The number of carbonyl (C=O) groups excluding carboxylic acids is 2. The second-order valence-corrected chi connectivity index (χ2v) is 6.82. The minimum Gasteiger partial charge on any atom is -0.326 e. The van der Waals surface area contributed by atoms with Crippen LogP contribution in [0.15, 0.2) is 53.4 Å². The number of carbonyl (C=O) groups is 2. The summed E-state index contributed by atoms with van der Waals surface area (Å²) in [5, 5.41) is 6.26. The Morgan fingerprint density at radius 2 is 1.54 bits per heavy atom. The summed E-state index contributed by atoms with van der Waals surface area (Å²) in [6, 6.07) is 14.7. The first-order valence-electron chi connectivity index (χ1n) is 7.59. The zero-order valence-corrected chi connectivity index (χ0v) is 14.9. The third kappa shape index (κ3) is 6.64. The van der Waals surface area contributed by atoms with Crippen molar-refractivity contribution in [2.75, 3.05) is 16.4 Å². The van der Waals surface area contributed by atoms with Crippen molar-refractivity contribution in [2.45, 2.75) is 24.7 Å². The monoisotopic (exact) mass is 362 g/mol. The second kappa shape index (κ2) is 9.35. The van der Waals surface area contributed by atoms with Crippen molar-refractivity contribution >= 4 is 46.6 Å². The highest BCUT2D eigenvalue weighted by molar-refractivity contribution is 7.99. The highest BCUT2D eigenvalue weighted by Crippen LogP contribution is 2.21. The molecule has 0 atom stereocenters. The lowest BCUT2D eigenvalue weighted by Crippen LogP contribution is -2.11. The molecule has 0 aromatic heterocycles. The van der Waals surface area contributed by atoms with Crippen LogP contribution in [-0.2, 0) is 9.59 Å². The third-order valence-corrected chi connectivity index (χ3v) is 4.47. The zero-order chi connectivity index (χ0) is 17.4. The summed E-state index contributed by atoms with van der Waals surface area (Å²) >= 11 is 7.55. The third-order valence-electron chi connectivity index (χ3n) is 3.12. The predicted molar refractivity (Wildman–Crippen MR) is 101 cm³/mol. The van der Waals surface area contributed by atoms with Crippen molar-refractivity contribution in [3.63, 3.8) is 0 Å². The quantitative estimate of drug-likeness (QED) is 0.549. The van der Waals surface area contributed by atoms with Crippen LogP contribution in [-0.4, -0.2) is 17.6 Å². The molecule has 0 saturated heterocycles. The summed E-state index contributed by atoms with van der Waals surface area (Å²) in [6.07, 6.45) is 1.26. The van der Waals surface area contributed by atoms with Crippen LogP contribution < -0.4 is 10.6 Å². The Morgan fingerprint density at radius 1 is 0.958 bits per heavy atom. The lowest BCUT2D eigenvalue weighted by atomic mass is 10.2. The molecule has 2 aromatic carbocycles. The molecule has 0 unspecified atom stereocenters. The molecule has 0 aliphatic rings. The van der Waals surface area contributed by atoms with Crippen LogP contribution in [0.25, 0.3) is 0 Å². The standard InChI is InChI=1S/C18H19ClN2O2S/c1-13(22)20-15-6-8-16(9-7-15)21-18(23)3-2-12-24-17-10-4-14(19)5-11-17/h4-11H,2-3,12H2,1H3,(H,20,22)(H,21,23). The lowest BCUT2D eigenvalue weighted by Gasteiger charge is -2.07. The molecule has 4 nitrogen and oxygen atoms in total. The van der Waals surface area contributed by atoms with Gasteiger partial charge in [-0.1, -0.05) is 11.6 Å². The summed E-state index contributed by atoms with van der Waals surface area (Å²) in [7, 11) is 0. The van der Waals surface area contributed by atoms with Crippen molar-refractivity contribution in [1.82, 2.24) is 0 Å². The van der Waals surface area contributed by atoms with Crippen molar-refractivity contribution in [3.05, 3.63) is 53.6 Å². The van der Waals surface area contributed by atoms with E-state index in [4.69, 9.17) is 11.6 Å². The molecule has 2 N–H and O–H groups in total. The Bertz CT molecular complexity index is 687. The van der Waals surface area contributed by atoms with E-state index >= 15 is 0 Å². The molecule has 2 amide bonds. The van der Waals surface area contributed by atoms with Gasteiger partial charge in [-0.15, -0.1) is 11.8 Å². The Balaban J connectivity index is 1.69. The molecular weight excluding hydrogens is 344 g/mol. The number of thioether (sulfide) groups is 1. The first kappa shape index (κ1) is 18.4. The fraction of sp³-hybridized carbons (Fsp3) is 0.222. The second-order valence-electron chi connectivity index (χ2n) is 5.21. The van der Waals surface area contributed by atoms with Crippen LogP contribution in [0.1, 0.15) is 19.8 Å². The summed E-state index contributed by atoms with van der Waals surface area (Å²) in [6.45, 7) is 1.46. The van der Waals surface area contributed by atoms with Crippen LogP contribution in [0.4, 0.5) is 11.4 Å². The smallest absolute Gasteiger partial charge is 0.224 e. The van der Waals surface area contributed by atoms with Gasteiger partial charge < -0.3 is 10.6 Å². The molecule has 24 heavy (non-hydrogen) atoms. The fourth-order valence-corrected chi connectivity index (χ4v) is 3.00. The minimum absolute atomic E-state index is 0.0148. The molecule has 0 saturated carbocycles. The molecule has 0 spiro atoms. The molecule has 0 bridgehead atoms. The average molecular weight is 363 g/mol. The van der Waals surface area contributed by atoms with Crippen molar-refractivity contribution < 1.29 is 9.59 Å². The van der Waals surface area contributed by atoms with Gasteiger partial charge in [0, 0.05) is 34.6 Å². The summed E-state index contributed by atoms with van der Waals surface area (Å²) < 4.78 is 0. The molecule has 126 valence electrons. The van der Waals surface area contributed by atoms with Crippen LogP contribution in [0, 0.1) is 0 Å². The van der Waals surface area contributed by atoms with Gasteiger partial charge in [0.2, 0.25) is 11.8 Å². The van der Waals surface area contributed by atoms with Crippen LogP contribution in [0.5, 0.6) is 0 Å². The maximum Gasteiger partial charge on any atom is 0.224 e. The van der Waals surface area contributed by atoms with E-state index in [9.17, 15) is 9.59 Å². The van der Waals surface area contributed by atoms with Gasteiger partial charge in [0.05, 0.1) is 0 Å². The molecule has 0 heterocycles. The summed E-state index contributed by atoms with van der Waals surface area (Å²) in [5.41, 5.74) is 1.43. The Labute approximate surface area is 151 Å². The van der Waals surface area contributed by atoms with Gasteiger partial charge >= 0.3 is 0 Å². The zero-order valence-electron chi connectivity index (χ0n) is 13.3. The van der Waals surface area contributed by atoms with E-state index in [1.807, 2.05) is 24.3 Å². The van der Waals surface area contributed by atoms with Gasteiger partial charge in [0.1, 0.15) is 0 Å². The molecule has 0 fully saturated rings. The Kier molecular flexibility index (Phi) is 7.15. The highest BCUT2D eigenvalue weighted by atomic mass is 35.5. The first-order valence-corrected chi connectivity index (χ1v) is 8.95. The predicted octanol–water partition coefficient (Wildman–Crippen LogP) is 4.81. The highest BCUT2D eigenvalue weighted by Gasteiger charge is 2.03. The molecule has 6 heteroatoms. The topological polar surface area (TPSA) is 58.2 Å². The molecule has 0 radical (unpaired) electrons. The molecule has 0 aliphatic carbocycles. The number of hydrogen-bond acceptors (Lipinski definition) is 3. The van der Waals surface area contributed by atoms with E-state index in [1.54, 1.807) is 36.0 Å². The van der Waals surface area contributed by atoms with Crippen molar-refractivity contribution in [1.29, 1.82) is 0 Å². The molecule has 0 aliphatic heterocycles. The van der Waals surface area contributed by atoms with E-state index in [0.717, 1.165) is 27.8 Å². The lowest BCUT2D eigenvalue weighted by molar-refractivity contribution is -0.116. The van der Waals surface area contributed by atoms with E-state index in [0.29, 0.717) is 12.1 Å². The van der Waals surface area contributed by atoms with Gasteiger partial charge in [0.25, 0.3) is 0 Å². The molecule has 2 rings (SSSR count). The summed E-state index contributed by atoms with van der Waals surface area (Å²) in [5.74, 6) is 0.736. The largest absolute Gasteiger partial charge is 0.326 e. The van der Waals surface area contributed by atoms with Crippen molar-refractivity contribution in [2.24, 2.45) is 0 Å². The number of rotatable bonds is 7. The van der Waals surface area contributed by atoms with Crippen LogP contribution >= 0.6 is 23.4 Å². The maximum absolute atomic E-state index is 11.9. The van der Waals surface area contributed by atoms with Gasteiger partial charge in [-0.05, 0) is 60.7 Å². The number of anilines is 2. The van der Waals surface area contributed by atoms with E-state index < -0.39 is 0 Å². The maximum atomic E-state index is 11.9. The van der Waals surface area contributed by atoms with Crippen molar-refractivity contribution in [3.8, 4) is 0 Å². The molecular formula is C18H19ClN2O2S. The SMILES string of the molecule is CC(=O)Nc1ccc(NC(=O)CCCSc2ccc(Cl)cc2)cc1. The van der Waals surface area contributed by atoms with Gasteiger partial charge in [-0.25, -0.2) is 0 Å². The Hall–Kier alpha value is -1.98. The average Bonchev–Trinajstić information content (AvgIpc) is 2.55. The van der Waals surface area contributed by atoms with E-state index in [-0.39, 0.29) is 11.8 Å². The number of hydrogen-bond donors (Lipinski definition) is 2. The van der Waals surface area contributed by atoms with Gasteiger partial charge in [-0.2, -0.15) is 0 Å². The Morgan fingerprint density at radius 3 is 2.12 bits per heavy atom. The van der Waals surface area contributed by atoms with Crippen LogP contribution in [0.2, 0.25) is 5.02 Å². The minimum atomic E-state index is -0.120. The molecule has 2 aromatic rings. The number of halogens is 1.